The van der Waals surface area contributed by atoms with E-state index in [9.17, 15) is 23.1 Å². The van der Waals surface area contributed by atoms with Gasteiger partial charge in [-0.3, -0.25) is 9.93 Å². The Hall–Kier alpha value is -3.26. The number of hydrogen-bond donors (Lipinski definition) is 4. The molecule has 2 fully saturated rings. The number of aliphatic carboxylic acids is 1. The number of carboxylic acid groups (broad SMARTS) is 1. The van der Waals surface area contributed by atoms with Gasteiger partial charge in [0.2, 0.25) is 17.9 Å². The molecule has 41 heavy (non-hydrogen) atoms. The van der Waals surface area contributed by atoms with Crippen molar-refractivity contribution in [1.82, 2.24) is 15.3 Å². The van der Waals surface area contributed by atoms with Crippen LogP contribution in [0.3, 0.4) is 0 Å². The fourth-order valence-corrected chi connectivity index (χ4v) is 6.03. The van der Waals surface area contributed by atoms with Crippen LogP contribution in [-0.4, -0.2) is 52.9 Å². The Morgan fingerprint density at radius 3 is 2.61 bits per heavy atom. The molecule has 0 bridgehead atoms. The van der Waals surface area contributed by atoms with Crippen LogP contribution in [0.25, 0.3) is 11.1 Å². The molecular weight excluding hydrogens is 581 g/mol. The number of rotatable bonds is 7. The van der Waals surface area contributed by atoms with Crippen molar-refractivity contribution in [3.05, 3.63) is 59.1 Å². The molecule has 218 valence electrons. The Morgan fingerprint density at radius 1 is 1.20 bits per heavy atom. The second-order valence-electron chi connectivity index (χ2n) is 10.3. The molecule has 9 nitrogen and oxygen atoms in total. The Morgan fingerprint density at radius 2 is 1.95 bits per heavy atom. The molecule has 14 heteroatoms. The van der Waals surface area contributed by atoms with Gasteiger partial charge in [-0.1, -0.05) is 29.8 Å². The number of carboxylic acids is 1. The van der Waals surface area contributed by atoms with Gasteiger partial charge in [-0.15, -0.1) is 0 Å². The van der Waals surface area contributed by atoms with Gasteiger partial charge in [-0.2, -0.15) is 23.1 Å². The van der Waals surface area contributed by atoms with Crippen LogP contribution >= 0.6 is 23.5 Å². The van der Waals surface area contributed by atoms with E-state index in [1.54, 1.807) is 24.3 Å². The average molecular weight is 609 g/mol. The summed E-state index contributed by atoms with van der Waals surface area (Å²) in [6.45, 7) is 1.66. The van der Waals surface area contributed by atoms with Crippen LogP contribution in [0.1, 0.15) is 30.9 Å². The van der Waals surface area contributed by atoms with Gasteiger partial charge in [0.05, 0.1) is 0 Å². The van der Waals surface area contributed by atoms with Crippen molar-refractivity contribution >= 4 is 41.3 Å². The van der Waals surface area contributed by atoms with Gasteiger partial charge in [0.15, 0.2) is 0 Å². The van der Waals surface area contributed by atoms with E-state index in [1.165, 1.54) is 24.3 Å². The Kier molecular flexibility index (Phi) is 8.24. The number of alkyl halides is 3. The number of benzene rings is 2. The summed E-state index contributed by atoms with van der Waals surface area (Å²) in [5.41, 5.74) is 6.34. The molecule has 3 aromatic rings. The number of halogens is 4. The highest BCUT2D eigenvalue weighted by Gasteiger charge is 2.46. The van der Waals surface area contributed by atoms with Crippen molar-refractivity contribution < 1.29 is 27.8 Å². The van der Waals surface area contributed by atoms with E-state index in [-0.39, 0.29) is 33.4 Å². The van der Waals surface area contributed by atoms with E-state index < -0.39 is 24.3 Å². The van der Waals surface area contributed by atoms with E-state index in [0.29, 0.717) is 55.2 Å². The van der Waals surface area contributed by atoms with Gasteiger partial charge < -0.3 is 25.8 Å². The van der Waals surface area contributed by atoms with Gasteiger partial charge in [-0.05, 0) is 72.0 Å². The molecule has 2 aliphatic heterocycles. The lowest BCUT2D eigenvalue weighted by Crippen LogP contribution is -2.41. The van der Waals surface area contributed by atoms with E-state index in [0.717, 1.165) is 11.9 Å². The van der Waals surface area contributed by atoms with Gasteiger partial charge in [0.1, 0.15) is 11.9 Å². The minimum absolute atomic E-state index is 0.149. The van der Waals surface area contributed by atoms with Gasteiger partial charge >= 0.3 is 12.1 Å². The molecule has 0 saturated carbocycles. The zero-order chi connectivity index (χ0) is 29.4. The number of nitrogen functional groups attached to an aromatic ring is 1. The van der Waals surface area contributed by atoms with E-state index in [1.807, 2.05) is 4.90 Å². The van der Waals surface area contributed by atoms with E-state index >= 15 is 0 Å². The summed E-state index contributed by atoms with van der Waals surface area (Å²) in [4.78, 5) is 22.1. The predicted molar refractivity (Wildman–Crippen MR) is 151 cm³/mol. The molecule has 2 saturated heterocycles. The lowest BCUT2D eigenvalue weighted by Gasteiger charge is -2.39. The predicted octanol–water partition coefficient (Wildman–Crippen LogP) is 5.06. The number of ether oxygens (including phenoxy) is 1. The minimum Gasteiger partial charge on any atom is -0.480 e. The summed E-state index contributed by atoms with van der Waals surface area (Å²) in [5.74, 6) is -1.08. The van der Waals surface area contributed by atoms with Crippen LogP contribution in [-0.2, 0) is 4.79 Å². The van der Waals surface area contributed by atoms with Crippen LogP contribution < -0.4 is 25.8 Å². The first-order chi connectivity index (χ1) is 19.5. The summed E-state index contributed by atoms with van der Waals surface area (Å²) in [7, 11) is 0. The largest absolute Gasteiger partial charge is 0.480 e. The van der Waals surface area contributed by atoms with Crippen molar-refractivity contribution in [3.8, 4) is 17.0 Å². The first-order valence-electron chi connectivity index (χ1n) is 12.8. The van der Waals surface area contributed by atoms with Crippen LogP contribution in [0.15, 0.2) is 53.4 Å². The molecule has 6 N–H and O–H groups in total. The number of nitrogens with two attached hydrogens (primary N) is 2. The maximum Gasteiger partial charge on any atom is 0.429 e. The molecule has 2 aromatic carbocycles. The maximum absolute atomic E-state index is 14.5. The highest BCUT2D eigenvalue weighted by atomic mass is 35.5. The standard InChI is InChI=1S/C27H28ClF3N6O3S/c28-16-4-5-18(19(11-16)15-2-1-3-17(10-15)41-33)23(27(29,30)31)40-22-12-21(35-25(32)36-22)37-8-6-26(7-9-37)13-20(24(38)39)34-14-26/h1-5,10-12,20,23,34H,6-9,13-14,33H2,(H,38,39)(H2,32,35,36)/t20-,23+/m0/s1. The summed E-state index contributed by atoms with van der Waals surface area (Å²) in [6, 6.07) is 11.7. The molecule has 0 radical (unpaired) electrons. The van der Waals surface area contributed by atoms with Crippen LogP contribution in [0.5, 0.6) is 5.88 Å². The average Bonchev–Trinajstić information content (AvgIpc) is 3.35. The monoisotopic (exact) mass is 608 g/mol. The van der Waals surface area contributed by atoms with Crippen molar-refractivity contribution in [3.63, 3.8) is 0 Å². The number of hydrogen-bond acceptors (Lipinski definition) is 9. The molecule has 5 rings (SSSR count). The fraction of sp³-hybridized carbons (Fsp3) is 0.370. The molecule has 1 aromatic heterocycles. The summed E-state index contributed by atoms with van der Waals surface area (Å²) in [6.07, 6.45) is -5.27. The summed E-state index contributed by atoms with van der Waals surface area (Å²) in [5, 5.41) is 18.3. The van der Waals surface area contributed by atoms with Crippen LogP contribution in [0, 0.1) is 5.41 Å². The van der Waals surface area contributed by atoms with Crippen LogP contribution in [0.4, 0.5) is 24.9 Å². The number of nitrogens with one attached hydrogen (secondary N) is 1. The summed E-state index contributed by atoms with van der Waals surface area (Å²) < 4.78 is 49.1. The van der Waals surface area contributed by atoms with Crippen molar-refractivity contribution in [2.45, 2.75) is 42.5 Å². The van der Waals surface area contributed by atoms with E-state index in [2.05, 4.69) is 15.3 Å². The smallest absolute Gasteiger partial charge is 0.429 e. The molecular formula is C27H28ClF3N6O3S. The van der Waals surface area contributed by atoms with Crippen molar-refractivity contribution in [2.24, 2.45) is 10.6 Å². The van der Waals surface area contributed by atoms with Crippen LogP contribution in [0.2, 0.25) is 5.02 Å². The minimum atomic E-state index is -4.81. The number of carbonyl (C=O) groups is 1. The quantitative estimate of drug-likeness (QED) is 0.269. The summed E-state index contributed by atoms with van der Waals surface area (Å²) >= 11 is 7.16. The van der Waals surface area contributed by atoms with Gasteiger partial charge in [0, 0.05) is 41.2 Å². The van der Waals surface area contributed by atoms with Gasteiger partial charge in [-0.25, -0.2) is 0 Å². The zero-order valence-electron chi connectivity index (χ0n) is 21.7. The normalized spacial score (nSPS) is 19.3. The molecule has 0 amide bonds. The molecule has 2 aliphatic rings. The third-order valence-electron chi connectivity index (χ3n) is 7.63. The first kappa shape index (κ1) is 29.2. The first-order valence-corrected chi connectivity index (χ1v) is 14.1. The molecule has 3 heterocycles. The molecule has 2 atom stereocenters. The number of nitrogens with zero attached hydrogens (tertiary/aromatic N) is 3. The topological polar surface area (TPSA) is 140 Å². The highest BCUT2D eigenvalue weighted by Crippen LogP contribution is 2.43. The molecule has 0 aliphatic carbocycles. The number of aromatic nitrogens is 2. The second kappa shape index (κ2) is 11.6. The van der Waals surface area contributed by atoms with Crippen molar-refractivity contribution in [1.29, 1.82) is 0 Å². The van der Waals surface area contributed by atoms with Gasteiger partial charge in [0.25, 0.3) is 0 Å². The number of anilines is 2. The third kappa shape index (κ3) is 6.48. The molecule has 0 unspecified atom stereocenters. The Labute approximate surface area is 243 Å². The third-order valence-corrected chi connectivity index (χ3v) is 8.39. The lowest BCUT2D eigenvalue weighted by atomic mass is 9.76. The number of piperidine rings is 1. The molecule has 1 spiro atoms. The SMILES string of the molecule is NSc1cccc(-c2cc(Cl)ccc2[C@@H](Oc2cc(N3CCC4(CC3)CN[C@H](C(=O)O)C4)nc(N)n2)C(F)(F)F)c1. The maximum atomic E-state index is 14.5. The second-order valence-corrected chi connectivity index (χ2v) is 11.4. The highest BCUT2D eigenvalue weighted by molar-refractivity contribution is 7.97. The van der Waals surface area contributed by atoms with Crippen molar-refractivity contribution in [2.75, 3.05) is 30.3 Å². The Balaban J connectivity index is 1.42. The van der Waals surface area contributed by atoms with E-state index in [4.69, 9.17) is 27.2 Å². The fourth-order valence-electron chi connectivity index (χ4n) is 5.51. The Bertz CT molecular complexity index is 1440. The lowest BCUT2D eigenvalue weighted by molar-refractivity contribution is -0.198. The zero-order valence-corrected chi connectivity index (χ0v) is 23.3.